The molecule has 150 valence electrons. The molecule has 0 N–H and O–H groups in total. The van der Waals surface area contributed by atoms with Crippen molar-refractivity contribution in [1.29, 1.82) is 5.26 Å². The molecule has 0 aliphatic heterocycles. The number of benzene rings is 2. The van der Waals surface area contributed by atoms with Crippen LogP contribution in [0, 0.1) is 25.2 Å². The number of hydrogen-bond acceptors (Lipinski definition) is 5. The number of pyridine rings is 1. The molecule has 3 rings (SSSR count). The topological polar surface area (TPSA) is 70.8 Å². The van der Waals surface area contributed by atoms with Gasteiger partial charge in [-0.15, -0.1) is 0 Å². The highest BCUT2D eigenvalue weighted by atomic mass is 79.9. The molecule has 0 radical (unpaired) electrons. The Morgan fingerprint density at radius 2 is 1.63 bits per heavy atom. The summed E-state index contributed by atoms with van der Waals surface area (Å²) in [6, 6.07) is 18.5. The second kappa shape index (κ2) is 9.84. The van der Waals surface area contributed by atoms with Gasteiger partial charge in [-0.1, -0.05) is 70.2 Å². The largest absolute Gasteiger partial charge is 0.294 e. The van der Waals surface area contributed by atoms with Crippen LogP contribution in [0.1, 0.15) is 43.1 Å². The molecule has 0 saturated carbocycles. The lowest BCUT2D eigenvalue weighted by atomic mass is 9.96. The third kappa shape index (κ3) is 5.05. The molecule has 4 nitrogen and oxygen atoms in total. The van der Waals surface area contributed by atoms with Gasteiger partial charge in [0.05, 0.1) is 11.3 Å². The van der Waals surface area contributed by atoms with Gasteiger partial charge in [0, 0.05) is 27.7 Å². The van der Waals surface area contributed by atoms with Crippen LogP contribution in [0.4, 0.5) is 0 Å². The van der Waals surface area contributed by atoms with E-state index in [2.05, 4.69) is 27.0 Å². The standard InChI is InChI=1S/C24H19BrN2O2S/c1-15-20(12-22(28)17-6-4-3-5-7-17)16(2)27-24(21(15)13-26)30-14-23(29)18-8-10-19(25)11-9-18/h3-11H,12,14H2,1-2H3. The summed E-state index contributed by atoms with van der Waals surface area (Å²) in [5, 5.41) is 10.2. The molecule has 0 saturated heterocycles. The SMILES string of the molecule is Cc1nc(SCC(=O)c2ccc(Br)cc2)c(C#N)c(C)c1CC(=O)c1ccccc1. The van der Waals surface area contributed by atoms with E-state index in [1.807, 2.05) is 44.2 Å². The lowest BCUT2D eigenvalue weighted by molar-refractivity contribution is 0.0990. The number of carbonyl (C=O) groups is 2. The Bertz CT molecular complexity index is 1140. The van der Waals surface area contributed by atoms with Gasteiger partial charge in [0.1, 0.15) is 11.1 Å². The van der Waals surface area contributed by atoms with Crippen LogP contribution in [0.5, 0.6) is 0 Å². The quantitative estimate of drug-likeness (QED) is 0.320. The average Bonchev–Trinajstić information content (AvgIpc) is 2.75. The summed E-state index contributed by atoms with van der Waals surface area (Å²) < 4.78 is 0.909. The number of Topliss-reactive ketones (excluding diaryl/α,β-unsaturated/α-hetero) is 2. The Morgan fingerprint density at radius 3 is 2.27 bits per heavy atom. The highest BCUT2D eigenvalue weighted by molar-refractivity contribution is 9.10. The Hall–Kier alpha value is -2.75. The van der Waals surface area contributed by atoms with Crippen LogP contribution < -0.4 is 0 Å². The predicted octanol–water partition coefficient (Wildman–Crippen LogP) is 5.73. The van der Waals surface area contributed by atoms with Crippen LogP contribution in [0.2, 0.25) is 0 Å². The monoisotopic (exact) mass is 478 g/mol. The van der Waals surface area contributed by atoms with Gasteiger partial charge in [-0.05, 0) is 37.1 Å². The highest BCUT2D eigenvalue weighted by Crippen LogP contribution is 2.28. The number of aryl methyl sites for hydroxylation is 1. The molecule has 2 aromatic carbocycles. The molecule has 0 aliphatic rings. The molecule has 30 heavy (non-hydrogen) atoms. The number of ketones is 2. The van der Waals surface area contributed by atoms with E-state index in [0.29, 0.717) is 27.4 Å². The Labute approximate surface area is 188 Å². The van der Waals surface area contributed by atoms with E-state index in [9.17, 15) is 14.9 Å². The van der Waals surface area contributed by atoms with Gasteiger partial charge < -0.3 is 0 Å². The van der Waals surface area contributed by atoms with Crippen molar-refractivity contribution in [3.8, 4) is 6.07 Å². The molecule has 1 aromatic heterocycles. The maximum Gasteiger partial charge on any atom is 0.173 e. The fourth-order valence-electron chi connectivity index (χ4n) is 3.09. The molecule has 0 aliphatic carbocycles. The predicted molar refractivity (Wildman–Crippen MR) is 122 cm³/mol. The molecular weight excluding hydrogens is 460 g/mol. The van der Waals surface area contributed by atoms with Crippen molar-refractivity contribution in [2.24, 2.45) is 0 Å². The highest BCUT2D eigenvalue weighted by Gasteiger charge is 2.19. The van der Waals surface area contributed by atoms with Crippen molar-refractivity contribution in [1.82, 2.24) is 4.98 Å². The first kappa shape index (κ1) is 21.9. The molecular formula is C24H19BrN2O2S. The van der Waals surface area contributed by atoms with E-state index in [-0.39, 0.29) is 23.7 Å². The average molecular weight is 479 g/mol. The first-order valence-corrected chi connectivity index (χ1v) is 11.1. The van der Waals surface area contributed by atoms with Crippen molar-refractivity contribution < 1.29 is 9.59 Å². The van der Waals surface area contributed by atoms with Crippen LogP contribution in [0.3, 0.4) is 0 Å². The number of nitrogens with zero attached hydrogens (tertiary/aromatic N) is 2. The molecule has 0 unspecified atom stereocenters. The molecule has 0 bridgehead atoms. The summed E-state index contributed by atoms with van der Waals surface area (Å²) in [5.74, 6) is 0.139. The second-order valence-electron chi connectivity index (χ2n) is 6.78. The van der Waals surface area contributed by atoms with Gasteiger partial charge in [0.2, 0.25) is 0 Å². The first-order chi connectivity index (χ1) is 14.4. The Balaban J connectivity index is 1.81. The summed E-state index contributed by atoms with van der Waals surface area (Å²) in [5.41, 5.74) is 3.88. The minimum absolute atomic E-state index is 0.0155. The van der Waals surface area contributed by atoms with Crippen molar-refractivity contribution in [2.75, 3.05) is 5.75 Å². The van der Waals surface area contributed by atoms with E-state index < -0.39 is 0 Å². The van der Waals surface area contributed by atoms with E-state index in [1.54, 1.807) is 24.3 Å². The third-order valence-electron chi connectivity index (χ3n) is 4.80. The molecule has 0 fully saturated rings. The summed E-state index contributed by atoms with van der Waals surface area (Å²) in [6.07, 6.45) is 0.187. The number of halogens is 1. The van der Waals surface area contributed by atoms with E-state index in [4.69, 9.17) is 0 Å². The van der Waals surface area contributed by atoms with Gasteiger partial charge >= 0.3 is 0 Å². The van der Waals surface area contributed by atoms with Gasteiger partial charge in [-0.25, -0.2) is 4.98 Å². The zero-order valence-corrected chi connectivity index (χ0v) is 19.0. The molecule has 0 amide bonds. The Kier molecular flexibility index (Phi) is 7.20. The summed E-state index contributed by atoms with van der Waals surface area (Å²) in [4.78, 5) is 29.7. The number of rotatable bonds is 7. The normalized spacial score (nSPS) is 10.5. The molecule has 0 spiro atoms. The zero-order chi connectivity index (χ0) is 21.7. The van der Waals surface area contributed by atoms with Crippen LogP contribution in [-0.2, 0) is 6.42 Å². The fraction of sp³-hybridized carbons (Fsp3) is 0.167. The minimum Gasteiger partial charge on any atom is -0.294 e. The van der Waals surface area contributed by atoms with Crippen LogP contribution in [-0.4, -0.2) is 22.3 Å². The fourth-order valence-corrected chi connectivity index (χ4v) is 4.34. The van der Waals surface area contributed by atoms with Gasteiger partial charge in [-0.2, -0.15) is 5.26 Å². The maximum absolute atomic E-state index is 12.6. The third-order valence-corrected chi connectivity index (χ3v) is 6.30. The van der Waals surface area contributed by atoms with E-state index in [0.717, 1.165) is 15.6 Å². The number of nitriles is 1. The van der Waals surface area contributed by atoms with Crippen molar-refractivity contribution in [3.05, 3.63) is 92.6 Å². The summed E-state index contributed by atoms with van der Waals surface area (Å²) in [6.45, 7) is 3.67. The van der Waals surface area contributed by atoms with Crippen molar-refractivity contribution in [3.63, 3.8) is 0 Å². The molecule has 1 heterocycles. The van der Waals surface area contributed by atoms with Crippen LogP contribution in [0.25, 0.3) is 0 Å². The Morgan fingerprint density at radius 1 is 1.00 bits per heavy atom. The minimum atomic E-state index is -0.0307. The van der Waals surface area contributed by atoms with Crippen LogP contribution >= 0.6 is 27.7 Å². The lowest BCUT2D eigenvalue weighted by Gasteiger charge is -2.14. The summed E-state index contributed by atoms with van der Waals surface area (Å²) >= 11 is 4.61. The second-order valence-corrected chi connectivity index (χ2v) is 8.66. The number of hydrogen-bond donors (Lipinski definition) is 0. The van der Waals surface area contributed by atoms with Crippen molar-refractivity contribution >= 4 is 39.3 Å². The first-order valence-electron chi connectivity index (χ1n) is 9.30. The zero-order valence-electron chi connectivity index (χ0n) is 16.6. The van der Waals surface area contributed by atoms with Crippen LogP contribution in [0.15, 0.2) is 64.1 Å². The maximum atomic E-state index is 12.6. The van der Waals surface area contributed by atoms with Gasteiger partial charge in [-0.3, -0.25) is 9.59 Å². The number of carbonyl (C=O) groups excluding carboxylic acids is 2. The van der Waals surface area contributed by atoms with Gasteiger partial charge in [0.25, 0.3) is 0 Å². The molecule has 6 heteroatoms. The molecule has 0 atom stereocenters. The smallest absolute Gasteiger partial charge is 0.173 e. The van der Waals surface area contributed by atoms with Gasteiger partial charge in [0.15, 0.2) is 11.6 Å². The van der Waals surface area contributed by atoms with E-state index >= 15 is 0 Å². The van der Waals surface area contributed by atoms with Crippen molar-refractivity contribution in [2.45, 2.75) is 25.3 Å². The lowest BCUT2D eigenvalue weighted by Crippen LogP contribution is -2.10. The number of thioether (sulfide) groups is 1. The van der Waals surface area contributed by atoms with E-state index in [1.165, 1.54) is 11.8 Å². The summed E-state index contributed by atoms with van der Waals surface area (Å²) in [7, 11) is 0. The number of aromatic nitrogens is 1. The molecule has 3 aromatic rings.